The first-order valence-corrected chi connectivity index (χ1v) is 6.91. The zero-order valence-electron chi connectivity index (χ0n) is 10.3. The predicted octanol–water partition coefficient (Wildman–Crippen LogP) is 1.30. The number of aryl methyl sites for hydroxylation is 1. The Morgan fingerprint density at radius 1 is 1.59 bits per heavy atom. The summed E-state index contributed by atoms with van der Waals surface area (Å²) in [7, 11) is 1.80. The van der Waals surface area contributed by atoms with E-state index < -0.39 is 0 Å². The summed E-state index contributed by atoms with van der Waals surface area (Å²) in [6, 6.07) is 0.516. The van der Waals surface area contributed by atoms with Crippen molar-refractivity contribution in [2.75, 3.05) is 26.9 Å². The van der Waals surface area contributed by atoms with Crippen molar-refractivity contribution >= 4 is 11.3 Å². The summed E-state index contributed by atoms with van der Waals surface area (Å²) in [5, 5.41) is 3.29. The smallest absolute Gasteiger partial charge is 0.0897 e. The first-order valence-electron chi connectivity index (χ1n) is 6.03. The van der Waals surface area contributed by atoms with Crippen LogP contribution in [0.4, 0.5) is 0 Å². The third-order valence-electron chi connectivity index (χ3n) is 3.79. The Morgan fingerprint density at radius 3 is 3.18 bits per heavy atom. The highest BCUT2D eigenvalue weighted by atomic mass is 32.1. The first-order chi connectivity index (χ1) is 8.28. The average Bonchev–Trinajstić information content (AvgIpc) is 2.97. The number of fused-ring (bicyclic) bond motifs is 1. The summed E-state index contributed by atoms with van der Waals surface area (Å²) in [6.45, 7) is 5.67. The molecule has 1 aromatic rings. The van der Waals surface area contributed by atoms with E-state index in [9.17, 15) is 0 Å². The van der Waals surface area contributed by atoms with Gasteiger partial charge >= 0.3 is 0 Å². The third kappa shape index (κ3) is 2.12. The highest BCUT2D eigenvalue weighted by Gasteiger charge is 2.45. The van der Waals surface area contributed by atoms with Crippen molar-refractivity contribution in [1.29, 1.82) is 0 Å². The lowest BCUT2D eigenvalue weighted by molar-refractivity contribution is 0.0531. The lowest BCUT2D eigenvalue weighted by atomic mass is 10.0. The van der Waals surface area contributed by atoms with Crippen LogP contribution in [0.1, 0.15) is 10.7 Å². The molecular formula is C12H18N2O2S. The second kappa shape index (κ2) is 4.65. The number of thiazole rings is 1. The highest BCUT2D eigenvalue weighted by Crippen LogP contribution is 2.32. The molecule has 0 amide bonds. The minimum Gasteiger partial charge on any atom is -0.380 e. The molecule has 94 valence electrons. The van der Waals surface area contributed by atoms with E-state index in [-0.39, 0.29) is 0 Å². The number of hydrogen-bond acceptors (Lipinski definition) is 5. The molecule has 0 aliphatic carbocycles. The molecule has 2 aliphatic heterocycles. The van der Waals surface area contributed by atoms with Crippen LogP contribution in [-0.4, -0.2) is 48.9 Å². The van der Waals surface area contributed by atoms with Crippen LogP contribution in [-0.2, 0) is 16.0 Å². The summed E-state index contributed by atoms with van der Waals surface area (Å²) in [6.07, 6.45) is 0.322. The summed E-state index contributed by atoms with van der Waals surface area (Å²) < 4.78 is 11.1. The number of likely N-dealkylation sites (tertiary alicyclic amines) is 1. The van der Waals surface area contributed by atoms with Gasteiger partial charge in [0.25, 0.3) is 0 Å². The standard InChI is InChI=1S/C12H18N2O2S/c1-8-13-9(7-17-8)3-14-4-12(15-2)10-5-16-6-11(10)14/h7,10-12H,3-6H2,1-2H3/t10-,11+,12-/m1/s1. The topological polar surface area (TPSA) is 34.6 Å². The van der Waals surface area contributed by atoms with E-state index in [0.717, 1.165) is 31.3 Å². The van der Waals surface area contributed by atoms with E-state index in [4.69, 9.17) is 9.47 Å². The lowest BCUT2D eigenvalue weighted by Crippen LogP contribution is -2.32. The molecule has 0 saturated carbocycles. The number of aromatic nitrogens is 1. The number of methoxy groups -OCH3 is 1. The molecule has 0 aromatic carbocycles. The van der Waals surface area contributed by atoms with E-state index in [2.05, 4.69) is 22.2 Å². The molecule has 3 heterocycles. The Hall–Kier alpha value is -0.490. The van der Waals surface area contributed by atoms with Gasteiger partial charge < -0.3 is 9.47 Å². The van der Waals surface area contributed by atoms with Crippen molar-refractivity contribution < 1.29 is 9.47 Å². The van der Waals surface area contributed by atoms with Crippen LogP contribution < -0.4 is 0 Å². The van der Waals surface area contributed by atoms with Crippen LogP contribution >= 0.6 is 11.3 Å². The summed E-state index contributed by atoms with van der Waals surface area (Å²) >= 11 is 1.72. The van der Waals surface area contributed by atoms with E-state index in [1.807, 2.05) is 0 Å². The third-order valence-corrected chi connectivity index (χ3v) is 4.61. The van der Waals surface area contributed by atoms with Crippen LogP contribution in [0.15, 0.2) is 5.38 Å². The zero-order valence-corrected chi connectivity index (χ0v) is 11.1. The van der Waals surface area contributed by atoms with Gasteiger partial charge in [-0.3, -0.25) is 4.90 Å². The molecule has 0 bridgehead atoms. The van der Waals surface area contributed by atoms with E-state index in [1.165, 1.54) is 5.69 Å². The molecule has 3 rings (SSSR count). The first kappa shape index (κ1) is 11.6. The van der Waals surface area contributed by atoms with Gasteiger partial charge in [-0.05, 0) is 6.92 Å². The minimum absolute atomic E-state index is 0.322. The summed E-state index contributed by atoms with van der Waals surface area (Å²) in [5.41, 5.74) is 1.18. The molecule has 4 nitrogen and oxygen atoms in total. The Labute approximate surface area is 106 Å². The highest BCUT2D eigenvalue weighted by molar-refractivity contribution is 7.09. The maximum atomic E-state index is 5.58. The van der Waals surface area contributed by atoms with Crippen molar-refractivity contribution in [3.05, 3.63) is 16.1 Å². The van der Waals surface area contributed by atoms with Gasteiger partial charge in [-0.1, -0.05) is 0 Å². The lowest BCUT2D eigenvalue weighted by Gasteiger charge is -2.20. The van der Waals surface area contributed by atoms with Crippen molar-refractivity contribution in [1.82, 2.24) is 9.88 Å². The number of hydrogen-bond donors (Lipinski definition) is 0. The number of ether oxygens (including phenoxy) is 2. The second-order valence-corrected chi connectivity index (χ2v) is 5.89. The monoisotopic (exact) mass is 254 g/mol. The quantitative estimate of drug-likeness (QED) is 0.814. The zero-order chi connectivity index (χ0) is 11.8. The molecule has 0 radical (unpaired) electrons. The summed E-state index contributed by atoms with van der Waals surface area (Å²) in [4.78, 5) is 6.99. The second-order valence-electron chi connectivity index (χ2n) is 4.83. The van der Waals surface area contributed by atoms with Crippen LogP contribution in [0.5, 0.6) is 0 Å². The van der Waals surface area contributed by atoms with Crippen LogP contribution in [0.25, 0.3) is 0 Å². The Morgan fingerprint density at radius 2 is 2.47 bits per heavy atom. The molecule has 0 N–H and O–H groups in total. The van der Waals surface area contributed by atoms with Crippen molar-refractivity contribution in [2.24, 2.45) is 5.92 Å². The van der Waals surface area contributed by atoms with E-state index >= 15 is 0 Å². The van der Waals surface area contributed by atoms with Gasteiger partial charge in [0, 0.05) is 37.5 Å². The van der Waals surface area contributed by atoms with E-state index in [1.54, 1.807) is 18.4 Å². The molecular weight excluding hydrogens is 236 g/mol. The molecule has 2 aliphatic rings. The van der Waals surface area contributed by atoms with Crippen molar-refractivity contribution in [3.63, 3.8) is 0 Å². The Kier molecular flexibility index (Phi) is 3.17. The van der Waals surface area contributed by atoms with Gasteiger partial charge in [0.2, 0.25) is 0 Å². The maximum Gasteiger partial charge on any atom is 0.0897 e. The largest absolute Gasteiger partial charge is 0.380 e. The molecule has 0 unspecified atom stereocenters. The van der Waals surface area contributed by atoms with Gasteiger partial charge in [0.15, 0.2) is 0 Å². The van der Waals surface area contributed by atoms with Gasteiger partial charge in [-0.2, -0.15) is 0 Å². The summed E-state index contributed by atoms with van der Waals surface area (Å²) in [5.74, 6) is 0.541. The van der Waals surface area contributed by atoms with Crippen molar-refractivity contribution in [3.8, 4) is 0 Å². The normalized spacial score (nSPS) is 33.2. The fraction of sp³-hybridized carbons (Fsp3) is 0.750. The van der Waals surface area contributed by atoms with Gasteiger partial charge in [0.1, 0.15) is 0 Å². The fourth-order valence-electron chi connectivity index (χ4n) is 2.91. The maximum absolute atomic E-state index is 5.58. The van der Waals surface area contributed by atoms with Crippen molar-refractivity contribution in [2.45, 2.75) is 25.6 Å². The number of nitrogens with zero attached hydrogens (tertiary/aromatic N) is 2. The molecule has 2 fully saturated rings. The Balaban J connectivity index is 1.71. The molecule has 1 aromatic heterocycles. The molecule has 3 atom stereocenters. The number of rotatable bonds is 3. The SMILES string of the molecule is CO[C@@H]1CN(Cc2csc(C)n2)[C@H]2COC[C@@H]12. The molecule has 2 saturated heterocycles. The van der Waals surface area contributed by atoms with Gasteiger partial charge in [0.05, 0.1) is 30.0 Å². The molecule has 17 heavy (non-hydrogen) atoms. The fourth-order valence-corrected chi connectivity index (χ4v) is 3.52. The minimum atomic E-state index is 0.322. The predicted molar refractivity (Wildman–Crippen MR) is 66.2 cm³/mol. The van der Waals surface area contributed by atoms with Crippen LogP contribution in [0.3, 0.4) is 0 Å². The van der Waals surface area contributed by atoms with Gasteiger partial charge in [-0.15, -0.1) is 11.3 Å². The molecule has 5 heteroatoms. The Bertz CT molecular complexity index is 396. The average molecular weight is 254 g/mol. The van der Waals surface area contributed by atoms with Crippen LogP contribution in [0, 0.1) is 12.8 Å². The van der Waals surface area contributed by atoms with Crippen LogP contribution in [0.2, 0.25) is 0 Å². The van der Waals surface area contributed by atoms with E-state index in [0.29, 0.717) is 18.1 Å². The molecule has 0 spiro atoms. The van der Waals surface area contributed by atoms with Gasteiger partial charge in [-0.25, -0.2) is 4.98 Å².